The quantitative estimate of drug-likeness (QED) is 0.559. The van der Waals surface area contributed by atoms with Crippen LogP contribution in [0.3, 0.4) is 0 Å². The van der Waals surface area contributed by atoms with Crippen LogP contribution in [0.25, 0.3) is 0 Å². The Hall–Kier alpha value is -0.480. The minimum absolute atomic E-state index is 0. The number of rotatable bonds is 3. The van der Waals surface area contributed by atoms with Crippen molar-refractivity contribution in [2.45, 2.75) is 4.90 Å². The summed E-state index contributed by atoms with van der Waals surface area (Å²) >= 11 is 11.2. The van der Waals surface area contributed by atoms with E-state index in [0.717, 1.165) is 0 Å². The predicted molar refractivity (Wildman–Crippen MR) is 70.5 cm³/mol. The molecule has 2 aromatic rings. The van der Waals surface area contributed by atoms with Crippen molar-refractivity contribution in [2.24, 2.45) is 0 Å². The molecular weight excluding hydrogens is 338 g/mol. The predicted octanol–water partition coefficient (Wildman–Crippen LogP) is -0.715. The summed E-state index contributed by atoms with van der Waals surface area (Å²) in [6.07, 6.45) is 0. The van der Waals surface area contributed by atoms with Crippen LogP contribution in [0, 0.1) is 0 Å². The van der Waals surface area contributed by atoms with E-state index >= 15 is 0 Å². The summed E-state index contributed by atoms with van der Waals surface area (Å²) in [5, 5.41) is 2.61. The van der Waals surface area contributed by atoms with E-state index in [2.05, 4.69) is 20.3 Å². The molecule has 11 heteroatoms. The second-order valence-corrected chi connectivity index (χ2v) is 5.42. The molecule has 102 valence electrons. The van der Waals surface area contributed by atoms with E-state index in [1.807, 2.05) is 0 Å². The number of anilines is 2. The van der Waals surface area contributed by atoms with Gasteiger partial charge in [0.05, 0.1) is 4.90 Å². The summed E-state index contributed by atoms with van der Waals surface area (Å²) in [6, 6.07) is 5.30. The van der Waals surface area contributed by atoms with E-state index in [-0.39, 0.29) is 52.4 Å². The largest absolute Gasteiger partial charge is 1.00 e. The molecule has 0 fully saturated rings. The zero-order chi connectivity index (χ0) is 14.0. The van der Waals surface area contributed by atoms with Gasteiger partial charge in [-0.25, -0.2) is 0 Å². The number of halogens is 2. The second-order valence-electron chi connectivity index (χ2n) is 3.32. The van der Waals surface area contributed by atoms with E-state index in [0.29, 0.717) is 5.69 Å². The first-order valence-electron chi connectivity index (χ1n) is 4.76. The van der Waals surface area contributed by atoms with Crippen molar-refractivity contribution in [3.63, 3.8) is 0 Å². The van der Waals surface area contributed by atoms with Crippen molar-refractivity contribution in [3.05, 3.63) is 34.8 Å². The molecule has 1 aromatic heterocycles. The molecule has 0 aliphatic heterocycles. The molecule has 1 heterocycles. The summed E-state index contributed by atoms with van der Waals surface area (Å²) in [5.41, 5.74) is 0.491. The molecule has 2 rings (SSSR count). The third-order valence-corrected chi connectivity index (χ3v) is 3.20. The van der Waals surface area contributed by atoms with Crippen LogP contribution in [0.15, 0.2) is 29.2 Å². The molecule has 0 saturated carbocycles. The van der Waals surface area contributed by atoms with Gasteiger partial charge in [-0.1, -0.05) is 0 Å². The minimum Gasteiger partial charge on any atom is -1.00 e. The van der Waals surface area contributed by atoms with E-state index in [1.165, 1.54) is 24.3 Å². The molecule has 2 N–H and O–H groups in total. The Bertz CT molecular complexity index is 697. The molecule has 1 aromatic carbocycles. The van der Waals surface area contributed by atoms with Crippen LogP contribution in [-0.2, 0) is 10.1 Å². The Morgan fingerprint density at radius 1 is 1.05 bits per heavy atom. The number of nitrogens with one attached hydrogen (secondary N) is 1. The normalized spacial score (nSPS) is 10.8. The van der Waals surface area contributed by atoms with Crippen molar-refractivity contribution in [2.75, 3.05) is 5.32 Å². The van der Waals surface area contributed by atoms with Crippen LogP contribution in [0.5, 0.6) is 0 Å². The van der Waals surface area contributed by atoms with Gasteiger partial charge in [-0.3, -0.25) is 4.55 Å². The average Bonchev–Trinajstić information content (AvgIpc) is 2.26. The van der Waals surface area contributed by atoms with Gasteiger partial charge in [0.1, 0.15) is 0 Å². The number of benzene rings is 1. The Morgan fingerprint density at radius 2 is 1.55 bits per heavy atom. The zero-order valence-electron chi connectivity index (χ0n) is 11.1. The third kappa shape index (κ3) is 4.81. The fourth-order valence-electron chi connectivity index (χ4n) is 1.22. The zero-order valence-corrected chi connectivity index (χ0v) is 14.4. The summed E-state index contributed by atoms with van der Waals surface area (Å²) < 4.78 is 30.5. The van der Waals surface area contributed by atoms with Crippen molar-refractivity contribution in [1.82, 2.24) is 15.0 Å². The molecule has 0 bridgehead atoms. The second kappa shape index (κ2) is 6.99. The van der Waals surface area contributed by atoms with Crippen LogP contribution >= 0.6 is 23.2 Å². The van der Waals surface area contributed by atoms with Gasteiger partial charge in [0, 0.05) is 5.69 Å². The maximum atomic E-state index is 10.9. The van der Waals surface area contributed by atoms with E-state index in [9.17, 15) is 8.42 Å². The SMILES string of the molecule is O=S(=O)(O)c1ccc(Nc2nc(Cl)nc(Cl)n2)cc1.[H-].[Na+]. The standard InChI is InChI=1S/C9H6Cl2N4O3S.Na.H/c10-7-13-8(11)15-9(14-7)12-5-1-3-6(4-2-5)19(16,17)18;;/h1-4H,(H,16,17,18)(H,12,13,14,15);;/q;+1;-1. The van der Waals surface area contributed by atoms with Gasteiger partial charge in [0.15, 0.2) is 0 Å². The monoisotopic (exact) mass is 344 g/mol. The van der Waals surface area contributed by atoms with E-state index in [4.69, 9.17) is 27.8 Å². The van der Waals surface area contributed by atoms with Gasteiger partial charge in [-0.2, -0.15) is 23.4 Å². The van der Waals surface area contributed by atoms with Crippen LogP contribution in [-0.4, -0.2) is 27.9 Å². The average molecular weight is 345 g/mol. The first kappa shape index (κ1) is 17.6. The van der Waals surface area contributed by atoms with Gasteiger partial charge >= 0.3 is 29.6 Å². The van der Waals surface area contributed by atoms with Crippen molar-refractivity contribution >= 4 is 45.0 Å². The fourth-order valence-corrected chi connectivity index (χ4v) is 2.06. The first-order chi connectivity index (χ1) is 8.84. The van der Waals surface area contributed by atoms with Crippen LogP contribution in [0.2, 0.25) is 10.6 Å². The van der Waals surface area contributed by atoms with Gasteiger partial charge in [-0.05, 0) is 47.5 Å². The Balaban J connectivity index is 0.00000200. The smallest absolute Gasteiger partial charge is 1.00 e. The summed E-state index contributed by atoms with van der Waals surface area (Å²) in [5.74, 6) is 0.115. The van der Waals surface area contributed by atoms with E-state index in [1.54, 1.807) is 0 Å². The first-order valence-corrected chi connectivity index (χ1v) is 6.96. The fraction of sp³-hybridized carbons (Fsp3) is 0. The molecule has 7 nitrogen and oxygen atoms in total. The number of hydrogen-bond acceptors (Lipinski definition) is 6. The van der Waals surface area contributed by atoms with Crippen LogP contribution in [0.4, 0.5) is 11.6 Å². The molecule has 0 amide bonds. The third-order valence-electron chi connectivity index (χ3n) is 1.99. The molecule has 0 unspecified atom stereocenters. The number of aromatic nitrogens is 3. The Kier molecular flexibility index (Phi) is 6.14. The van der Waals surface area contributed by atoms with Gasteiger partial charge in [0.25, 0.3) is 10.1 Å². The van der Waals surface area contributed by atoms with Gasteiger partial charge < -0.3 is 6.74 Å². The minimum atomic E-state index is -4.22. The van der Waals surface area contributed by atoms with E-state index < -0.39 is 10.1 Å². The van der Waals surface area contributed by atoms with Crippen LogP contribution < -0.4 is 34.9 Å². The summed E-state index contributed by atoms with van der Waals surface area (Å²) in [6.45, 7) is 0. The van der Waals surface area contributed by atoms with Crippen molar-refractivity contribution in [3.8, 4) is 0 Å². The summed E-state index contributed by atoms with van der Waals surface area (Å²) in [4.78, 5) is 10.9. The molecule has 0 radical (unpaired) electrons. The van der Waals surface area contributed by atoms with Crippen LogP contribution in [0.1, 0.15) is 1.43 Å². The summed E-state index contributed by atoms with van der Waals surface area (Å²) in [7, 11) is -4.22. The molecule has 0 saturated heterocycles. The molecular formula is C9H7Cl2N4NaO3S. The van der Waals surface area contributed by atoms with Gasteiger partial charge in [0.2, 0.25) is 16.5 Å². The number of nitrogens with zero attached hydrogens (tertiary/aromatic N) is 3. The molecule has 20 heavy (non-hydrogen) atoms. The Labute approximate surface area is 148 Å². The number of hydrogen-bond donors (Lipinski definition) is 2. The topological polar surface area (TPSA) is 105 Å². The molecule has 0 spiro atoms. The Morgan fingerprint density at radius 3 is 2.00 bits per heavy atom. The molecule has 0 aliphatic carbocycles. The van der Waals surface area contributed by atoms with Crippen molar-refractivity contribution < 1.29 is 44.0 Å². The molecule has 0 atom stereocenters. The maximum absolute atomic E-state index is 10.9. The van der Waals surface area contributed by atoms with Crippen molar-refractivity contribution in [1.29, 1.82) is 0 Å². The maximum Gasteiger partial charge on any atom is 1.00 e. The molecule has 0 aliphatic rings. The van der Waals surface area contributed by atoms with Gasteiger partial charge in [-0.15, -0.1) is 0 Å².